The van der Waals surface area contributed by atoms with E-state index in [0.29, 0.717) is 18.3 Å². The standard InChI is InChI=1S/C21H20FN3O/c1-15-2-4-16(5-3-15)14-24(18-10-11-18)21(26)20-12-13-25(23-20)19-8-6-17(22)7-9-19/h2-9,12-13,18H,10-11,14H2,1H3. The molecule has 0 saturated heterocycles. The molecule has 0 unspecified atom stereocenters. The molecule has 1 fully saturated rings. The maximum Gasteiger partial charge on any atom is 0.274 e. The van der Waals surface area contributed by atoms with Crippen molar-refractivity contribution in [2.75, 3.05) is 0 Å². The molecule has 5 heteroatoms. The van der Waals surface area contributed by atoms with Gasteiger partial charge in [-0.2, -0.15) is 5.10 Å². The van der Waals surface area contributed by atoms with Crippen LogP contribution >= 0.6 is 0 Å². The van der Waals surface area contributed by atoms with Gasteiger partial charge in [0.15, 0.2) is 5.69 Å². The van der Waals surface area contributed by atoms with Crippen molar-refractivity contribution in [3.63, 3.8) is 0 Å². The predicted octanol–water partition coefficient (Wildman–Crippen LogP) is 4.12. The van der Waals surface area contributed by atoms with E-state index in [1.807, 2.05) is 4.90 Å². The van der Waals surface area contributed by atoms with Crippen LogP contribution in [0.15, 0.2) is 60.8 Å². The Morgan fingerprint density at radius 2 is 1.81 bits per heavy atom. The average molecular weight is 349 g/mol. The van der Waals surface area contributed by atoms with E-state index in [2.05, 4.69) is 36.3 Å². The quantitative estimate of drug-likeness (QED) is 0.695. The SMILES string of the molecule is Cc1ccc(CN(C(=O)c2ccn(-c3ccc(F)cc3)n2)C2CC2)cc1. The van der Waals surface area contributed by atoms with Crippen LogP contribution in [0.3, 0.4) is 0 Å². The molecule has 2 aromatic carbocycles. The number of amides is 1. The smallest absolute Gasteiger partial charge is 0.274 e. The second kappa shape index (κ2) is 6.75. The molecule has 1 aromatic heterocycles. The third-order valence-corrected chi connectivity index (χ3v) is 4.62. The first-order valence-corrected chi connectivity index (χ1v) is 8.78. The normalized spacial score (nSPS) is 13.6. The lowest BCUT2D eigenvalue weighted by molar-refractivity contribution is 0.0723. The molecule has 1 amide bonds. The maximum absolute atomic E-state index is 13.1. The van der Waals surface area contributed by atoms with Gasteiger partial charge in [-0.25, -0.2) is 9.07 Å². The molecule has 1 aliphatic carbocycles. The highest BCUT2D eigenvalue weighted by molar-refractivity contribution is 5.92. The molecule has 1 heterocycles. The molecule has 0 aliphatic heterocycles. The highest BCUT2D eigenvalue weighted by atomic mass is 19.1. The Kier molecular flexibility index (Phi) is 4.29. The highest BCUT2D eigenvalue weighted by Gasteiger charge is 2.34. The number of benzene rings is 2. The molecule has 4 nitrogen and oxygen atoms in total. The third kappa shape index (κ3) is 3.52. The van der Waals surface area contributed by atoms with Crippen LogP contribution in [-0.4, -0.2) is 26.6 Å². The summed E-state index contributed by atoms with van der Waals surface area (Å²) in [6, 6.07) is 16.3. The van der Waals surface area contributed by atoms with Gasteiger partial charge in [-0.1, -0.05) is 29.8 Å². The van der Waals surface area contributed by atoms with Crippen LogP contribution in [-0.2, 0) is 6.54 Å². The fourth-order valence-corrected chi connectivity index (χ4v) is 2.97. The lowest BCUT2D eigenvalue weighted by atomic mass is 10.1. The summed E-state index contributed by atoms with van der Waals surface area (Å²) in [6.45, 7) is 2.64. The summed E-state index contributed by atoms with van der Waals surface area (Å²) in [5, 5.41) is 4.40. The Balaban J connectivity index is 1.54. The Bertz CT molecular complexity index is 911. The van der Waals surface area contributed by atoms with E-state index in [-0.39, 0.29) is 11.7 Å². The van der Waals surface area contributed by atoms with Crippen molar-refractivity contribution in [2.24, 2.45) is 0 Å². The van der Waals surface area contributed by atoms with E-state index < -0.39 is 0 Å². The van der Waals surface area contributed by atoms with Gasteiger partial charge in [0.1, 0.15) is 5.82 Å². The molecule has 3 aromatic rings. The van der Waals surface area contributed by atoms with Gasteiger partial charge in [-0.05, 0) is 55.7 Å². The van der Waals surface area contributed by atoms with E-state index in [1.165, 1.54) is 17.7 Å². The van der Waals surface area contributed by atoms with E-state index in [4.69, 9.17) is 0 Å². The van der Waals surface area contributed by atoms with Gasteiger partial charge in [0, 0.05) is 18.8 Å². The second-order valence-electron chi connectivity index (χ2n) is 6.77. The number of carbonyl (C=O) groups is 1. The van der Waals surface area contributed by atoms with E-state index in [0.717, 1.165) is 24.1 Å². The average Bonchev–Trinajstić information content (AvgIpc) is 3.37. The minimum atomic E-state index is -0.296. The molecule has 132 valence electrons. The van der Waals surface area contributed by atoms with Crippen molar-refractivity contribution in [3.8, 4) is 5.69 Å². The van der Waals surface area contributed by atoms with Crippen molar-refractivity contribution in [1.82, 2.24) is 14.7 Å². The predicted molar refractivity (Wildman–Crippen MR) is 97.6 cm³/mol. The first-order chi connectivity index (χ1) is 12.6. The second-order valence-corrected chi connectivity index (χ2v) is 6.77. The summed E-state index contributed by atoms with van der Waals surface area (Å²) in [6.07, 6.45) is 3.81. The molecule has 0 radical (unpaired) electrons. The Morgan fingerprint density at radius 1 is 1.12 bits per heavy atom. The number of hydrogen-bond donors (Lipinski definition) is 0. The molecule has 1 aliphatic rings. The van der Waals surface area contributed by atoms with Crippen LogP contribution in [0.1, 0.15) is 34.5 Å². The number of hydrogen-bond acceptors (Lipinski definition) is 2. The number of carbonyl (C=O) groups excluding carboxylic acids is 1. The maximum atomic E-state index is 13.1. The number of aromatic nitrogens is 2. The Hall–Kier alpha value is -2.95. The molecule has 0 spiro atoms. The van der Waals surface area contributed by atoms with Crippen LogP contribution in [0.5, 0.6) is 0 Å². The van der Waals surface area contributed by atoms with Gasteiger partial charge in [0.25, 0.3) is 5.91 Å². The first-order valence-electron chi connectivity index (χ1n) is 8.78. The summed E-state index contributed by atoms with van der Waals surface area (Å²) in [5.41, 5.74) is 3.46. The van der Waals surface area contributed by atoms with Crippen molar-refractivity contribution in [3.05, 3.63) is 83.4 Å². The molecule has 0 N–H and O–H groups in total. The molecular weight excluding hydrogens is 329 g/mol. The minimum absolute atomic E-state index is 0.0612. The largest absolute Gasteiger partial charge is 0.330 e. The molecule has 0 atom stereocenters. The number of rotatable bonds is 5. The summed E-state index contributed by atoms with van der Waals surface area (Å²) in [4.78, 5) is 14.9. The summed E-state index contributed by atoms with van der Waals surface area (Å²) >= 11 is 0. The Labute approximate surface area is 151 Å². The zero-order chi connectivity index (χ0) is 18.1. The lowest BCUT2D eigenvalue weighted by Crippen LogP contribution is -2.33. The fourth-order valence-electron chi connectivity index (χ4n) is 2.97. The monoisotopic (exact) mass is 349 g/mol. The van der Waals surface area contributed by atoms with E-state index in [9.17, 15) is 9.18 Å². The van der Waals surface area contributed by atoms with Crippen LogP contribution in [0.25, 0.3) is 5.69 Å². The van der Waals surface area contributed by atoms with E-state index >= 15 is 0 Å². The highest BCUT2D eigenvalue weighted by Crippen LogP contribution is 2.29. The molecule has 1 saturated carbocycles. The fraction of sp³-hybridized carbons (Fsp3) is 0.238. The molecule has 26 heavy (non-hydrogen) atoms. The van der Waals surface area contributed by atoms with Gasteiger partial charge in [-0.15, -0.1) is 0 Å². The van der Waals surface area contributed by atoms with Crippen LogP contribution in [0.2, 0.25) is 0 Å². The van der Waals surface area contributed by atoms with Crippen molar-refractivity contribution in [2.45, 2.75) is 32.4 Å². The van der Waals surface area contributed by atoms with Gasteiger partial charge in [0.2, 0.25) is 0 Å². The molecule has 4 rings (SSSR count). The third-order valence-electron chi connectivity index (χ3n) is 4.62. The summed E-state index contributed by atoms with van der Waals surface area (Å²) in [5.74, 6) is -0.357. The van der Waals surface area contributed by atoms with Crippen LogP contribution < -0.4 is 0 Å². The van der Waals surface area contributed by atoms with Gasteiger partial charge in [-0.3, -0.25) is 4.79 Å². The van der Waals surface area contributed by atoms with Crippen molar-refractivity contribution in [1.29, 1.82) is 0 Å². The first kappa shape index (κ1) is 16.5. The molecule has 0 bridgehead atoms. The van der Waals surface area contributed by atoms with Crippen molar-refractivity contribution >= 4 is 5.91 Å². The van der Waals surface area contributed by atoms with Gasteiger partial charge < -0.3 is 4.90 Å². The molecular formula is C21H20FN3O. The number of aryl methyl sites for hydroxylation is 1. The topological polar surface area (TPSA) is 38.1 Å². The minimum Gasteiger partial charge on any atom is -0.330 e. The number of halogens is 1. The van der Waals surface area contributed by atoms with Crippen LogP contribution in [0, 0.1) is 12.7 Å². The summed E-state index contributed by atoms with van der Waals surface area (Å²) in [7, 11) is 0. The number of nitrogens with zero attached hydrogens (tertiary/aromatic N) is 3. The van der Waals surface area contributed by atoms with Gasteiger partial charge >= 0.3 is 0 Å². The van der Waals surface area contributed by atoms with E-state index in [1.54, 1.807) is 29.1 Å². The zero-order valence-electron chi connectivity index (χ0n) is 14.6. The van der Waals surface area contributed by atoms with Crippen molar-refractivity contribution < 1.29 is 9.18 Å². The van der Waals surface area contributed by atoms with Crippen LogP contribution in [0.4, 0.5) is 4.39 Å². The summed E-state index contributed by atoms with van der Waals surface area (Å²) < 4.78 is 14.7. The Morgan fingerprint density at radius 3 is 2.46 bits per heavy atom. The lowest BCUT2D eigenvalue weighted by Gasteiger charge is -2.21. The van der Waals surface area contributed by atoms with Gasteiger partial charge in [0.05, 0.1) is 5.69 Å². The zero-order valence-corrected chi connectivity index (χ0v) is 14.6.